The van der Waals surface area contributed by atoms with Gasteiger partial charge in [-0.05, 0) is 57.7 Å². The average molecular weight is 276 g/mol. The number of epoxide rings is 2. The Hall–Kier alpha value is -1.06. The van der Waals surface area contributed by atoms with Gasteiger partial charge < -0.3 is 14.2 Å². The topological polar surface area (TPSA) is 34.3 Å². The van der Waals surface area contributed by atoms with Crippen LogP contribution in [0.25, 0.3) is 0 Å². The summed E-state index contributed by atoms with van der Waals surface area (Å²) in [6.07, 6.45) is 3.34. The van der Waals surface area contributed by atoms with Gasteiger partial charge in [-0.2, -0.15) is 0 Å². The molecule has 0 spiro atoms. The summed E-state index contributed by atoms with van der Waals surface area (Å²) < 4.78 is 17.2. The quantitative estimate of drug-likeness (QED) is 0.743. The van der Waals surface area contributed by atoms with Gasteiger partial charge in [-0.3, -0.25) is 0 Å². The van der Waals surface area contributed by atoms with Gasteiger partial charge in [0.1, 0.15) is 11.4 Å². The van der Waals surface area contributed by atoms with Crippen molar-refractivity contribution in [1.29, 1.82) is 0 Å². The Kier molecular flexibility index (Phi) is 3.30. The first kappa shape index (κ1) is 13.9. The summed E-state index contributed by atoms with van der Waals surface area (Å²) in [6, 6.07) is 8.26. The number of ether oxygens (including phenoxy) is 3. The van der Waals surface area contributed by atoms with Gasteiger partial charge in [0.15, 0.2) is 0 Å². The Labute approximate surface area is 121 Å². The minimum Gasteiger partial charge on any atom is -0.462 e. The number of hydrogen-bond donors (Lipinski definition) is 0. The highest BCUT2D eigenvalue weighted by Crippen LogP contribution is 2.46. The fraction of sp³-hybridized carbons (Fsp3) is 0.647. The Morgan fingerprint density at radius 3 is 2.30 bits per heavy atom. The predicted octanol–water partition coefficient (Wildman–Crippen LogP) is 3.70. The van der Waals surface area contributed by atoms with Crippen molar-refractivity contribution >= 4 is 0 Å². The highest BCUT2D eigenvalue weighted by Gasteiger charge is 2.57. The fourth-order valence-electron chi connectivity index (χ4n) is 2.62. The molecule has 0 aliphatic carbocycles. The maximum atomic E-state index is 5.88. The smallest absolute Gasteiger partial charge is 0.229 e. The van der Waals surface area contributed by atoms with Gasteiger partial charge in [0, 0.05) is 0 Å². The summed E-state index contributed by atoms with van der Waals surface area (Å²) in [5.41, 5.74) is 1.24. The van der Waals surface area contributed by atoms with Crippen LogP contribution in [-0.2, 0) is 15.9 Å². The van der Waals surface area contributed by atoms with Crippen LogP contribution < -0.4 is 4.74 Å². The molecule has 3 heteroatoms. The first-order valence-corrected chi connectivity index (χ1v) is 7.54. The Morgan fingerprint density at radius 2 is 1.75 bits per heavy atom. The van der Waals surface area contributed by atoms with E-state index in [4.69, 9.17) is 14.2 Å². The number of benzene rings is 1. The van der Waals surface area contributed by atoms with Crippen molar-refractivity contribution < 1.29 is 14.2 Å². The lowest BCUT2D eigenvalue weighted by Gasteiger charge is -2.07. The van der Waals surface area contributed by atoms with Gasteiger partial charge >= 0.3 is 0 Å². The highest BCUT2D eigenvalue weighted by atomic mass is 16.8. The Morgan fingerprint density at radius 1 is 1.10 bits per heavy atom. The molecular weight excluding hydrogens is 252 g/mol. The zero-order valence-corrected chi connectivity index (χ0v) is 12.8. The molecule has 3 unspecified atom stereocenters. The third kappa shape index (κ3) is 2.84. The minimum absolute atomic E-state index is 0.0671. The fourth-order valence-corrected chi connectivity index (χ4v) is 2.62. The molecule has 3 atom stereocenters. The Balaban J connectivity index is 1.47. The van der Waals surface area contributed by atoms with Crippen LogP contribution in [-0.4, -0.2) is 23.6 Å². The van der Waals surface area contributed by atoms with Crippen LogP contribution in [0.4, 0.5) is 0 Å². The summed E-state index contributed by atoms with van der Waals surface area (Å²) in [5.74, 6) is 0.888. The molecule has 110 valence electrons. The molecule has 0 aromatic heterocycles. The third-order valence-corrected chi connectivity index (χ3v) is 4.46. The third-order valence-electron chi connectivity index (χ3n) is 4.46. The molecule has 1 aromatic rings. The second-order valence-electron chi connectivity index (χ2n) is 6.63. The lowest BCUT2D eigenvalue weighted by molar-refractivity contribution is 0.176. The van der Waals surface area contributed by atoms with E-state index in [1.807, 2.05) is 12.1 Å². The molecule has 2 fully saturated rings. The maximum absolute atomic E-state index is 5.88. The van der Waals surface area contributed by atoms with Gasteiger partial charge in [-0.25, -0.2) is 0 Å². The maximum Gasteiger partial charge on any atom is 0.229 e. The van der Waals surface area contributed by atoms with E-state index in [0.717, 1.165) is 25.0 Å². The summed E-state index contributed by atoms with van der Waals surface area (Å²) in [4.78, 5) is 0. The molecule has 2 aliphatic heterocycles. The van der Waals surface area contributed by atoms with Crippen LogP contribution in [0.1, 0.15) is 46.1 Å². The van der Waals surface area contributed by atoms with E-state index in [1.165, 1.54) is 5.56 Å². The van der Waals surface area contributed by atoms with Crippen molar-refractivity contribution in [3.05, 3.63) is 29.8 Å². The molecule has 0 bridgehead atoms. The second kappa shape index (κ2) is 4.74. The van der Waals surface area contributed by atoms with Crippen molar-refractivity contribution in [2.45, 2.75) is 70.6 Å². The van der Waals surface area contributed by atoms with Gasteiger partial charge in [0.05, 0.1) is 11.7 Å². The zero-order chi connectivity index (χ0) is 14.4. The van der Waals surface area contributed by atoms with Crippen LogP contribution in [0.5, 0.6) is 5.75 Å². The van der Waals surface area contributed by atoms with Crippen molar-refractivity contribution in [2.24, 2.45) is 0 Å². The van der Waals surface area contributed by atoms with E-state index in [0.29, 0.717) is 6.10 Å². The van der Waals surface area contributed by atoms with E-state index >= 15 is 0 Å². The van der Waals surface area contributed by atoms with Crippen LogP contribution >= 0.6 is 0 Å². The molecule has 2 heterocycles. The molecular formula is C17H24O3. The number of hydrogen-bond acceptors (Lipinski definition) is 3. The van der Waals surface area contributed by atoms with Crippen LogP contribution in [0, 0.1) is 0 Å². The summed E-state index contributed by atoms with van der Waals surface area (Å²) in [7, 11) is 0. The lowest BCUT2D eigenvalue weighted by Crippen LogP contribution is -2.16. The summed E-state index contributed by atoms with van der Waals surface area (Å²) in [6.45, 7) is 8.54. The van der Waals surface area contributed by atoms with Crippen molar-refractivity contribution in [2.75, 3.05) is 0 Å². The molecule has 3 rings (SSSR count). The van der Waals surface area contributed by atoms with Gasteiger partial charge in [-0.15, -0.1) is 0 Å². The number of rotatable bonds is 6. The Bertz CT molecular complexity index is 480. The molecule has 20 heavy (non-hydrogen) atoms. The van der Waals surface area contributed by atoms with E-state index in [1.54, 1.807) is 0 Å². The van der Waals surface area contributed by atoms with E-state index in [-0.39, 0.29) is 17.5 Å². The average Bonchev–Trinajstić information content (AvgIpc) is 3.25. The molecule has 2 aliphatic rings. The van der Waals surface area contributed by atoms with Gasteiger partial charge in [0.2, 0.25) is 6.29 Å². The van der Waals surface area contributed by atoms with Crippen LogP contribution in [0.2, 0.25) is 0 Å². The highest BCUT2D eigenvalue weighted by molar-refractivity contribution is 5.27. The minimum atomic E-state index is -0.147. The van der Waals surface area contributed by atoms with E-state index < -0.39 is 0 Å². The molecule has 1 aromatic carbocycles. The molecule has 3 nitrogen and oxygen atoms in total. The second-order valence-corrected chi connectivity index (χ2v) is 6.63. The van der Waals surface area contributed by atoms with Crippen LogP contribution in [0.3, 0.4) is 0 Å². The molecule has 0 saturated carbocycles. The largest absolute Gasteiger partial charge is 0.462 e. The van der Waals surface area contributed by atoms with E-state index in [9.17, 15) is 0 Å². The molecule has 0 N–H and O–H groups in total. The molecule has 0 amide bonds. The monoisotopic (exact) mass is 276 g/mol. The lowest BCUT2D eigenvalue weighted by atomic mass is 10.00. The standard InChI is InChI=1S/C17H24O3/c1-5-12-6-8-13(9-7-12)18-15-17(4,20-15)11-10-14-16(2,3)19-14/h6-9,14-15H,5,10-11H2,1-4H3. The summed E-state index contributed by atoms with van der Waals surface area (Å²) in [5, 5.41) is 0. The normalized spacial score (nSPS) is 33.8. The number of aryl methyl sites for hydroxylation is 1. The van der Waals surface area contributed by atoms with Gasteiger partial charge in [0.25, 0.3) is 0 Å². The SMILES string of the molecule is CCc1ccc(OC2OC2(C)CCC2OC2(C)C)cc1. The molecule has 0 radical (unpaired) electrons. The predicted molar refractivity (Wildman–Crippen MR) is 77.9 cm³/mol. The first-order chi connectivity index (χ1) is 9.43. The molecule has 2 saturated heterocycles. The zero-order valence-electron chi connectivity index (χ0n) is 12.8. The first-order valence-electron chi connectivity index (χ1n) is 7.54. The van der Waals surface area contributed by atoms with Crippen molar-refractivity contribution in [3.8, 4) is 5.75 Å². The van der Waals surface area contributed by atoms with Gasteiger partial charge in [-0.1, -0.05) is 19.1 Å². The van der Waals surface area contributed by atoms with E-state index in [2.05, 4.69) is 39.8 Å². The summed E-state index contributed by atoms with van der Waals surface area (Å²) >= 11 is 0. The van der Waals surface area contributed by atoms with Crippen molar-refractivity contribution in [1.82, 2.24) is 0 Å². The van der Waals surface area contributed by atoms with Crippen molar-refractivity contribution in [3.63, 3.8) is 0 Å². The van der Waals surface area contributed by atoms with Crippen LogP contribution in [0.15, 0.2) is 24.3 Å².